The SMILES string of the molecule is CCOc1ccc([C@@H]2C(C(=O)c3cccs3)=C(O)C(=O)N2Cc2cccnc2)cc1. The third-order valence-electron chi connectivity index (χ3n) is 4.88. The number of nitrogens with zero attached hydrogens (tertiary/aromatic N) is 2. The van der Waals surface area contributed by atoms with Crippen molar-refractivity contribution in [3.63, 3.8) is 0 Å². The minimum atomic E-state index is -0.706. The van der Waals surface area contributed by atoms with Crippen molar-refractivity contribution in [1.82, 2.24) is 9.88 Å². The number of amides is 1. The third kappa shape index (κ3) is 3.71. The number of thiophene rings is 1. The van der Waals surface area contributed by atoms with Crippen LogP contribution in [0.15, 0.2) is 77.6 Å². The zero-order chi connectivity index (χ0) is 21.1. The summed E-state index contributed by atoms with van der Waals surface area (Å²) in [6, 6.07) is 13.6. The number of carbonyl (C=O) groups is 2. The van der Waals surface area contributed by atoms with E-state index in [2.05, 4.69) is 4.98 Å². The van der Waals surface area contributed by atoms with Crippen LogP contribution in [0, 0.1) is 0 Å². The Hall–Kier alpha value is -3.45. The lowest BCUT2D eigenvalue weighted by molar-refractivity contribution is -0.130. The molecule has 3 aromatic rings. The van der Waals surface area contributed by atoms with Crippen LogP contribution < -0.4 is 4.74 Å². The normalized spacial score (nSPS) is 16.2. The largest absolute Gasteiger partial charge is 0.503 e. The Bertz CT molecular complexity index is 1080. The van der Waals surface area contributed by atoms with Crippen molar-refractivity contribution in [2.45, 2.75) is 19.5 Å². The number of pyridine rings is 1. The maximum Gasteiger partial charge on any atom is 0.290 e. The third-order valence-corrected chi connectivity index (χ3v) is 5.74. The molecule has 3 heterocycles. The van der Waals surface area contributed by atoms with Gasteiger partial charge in [0.2, 0.25) is 5.78 Å². The molecule has 1 aromatic carbocycles. The number of aliphatic hydroxyl groups excluding tert-OH is 1. The molecule has 1 aliphatic rings. The summed E-state index contributed by atoms with van der Waals surface area (Å²) in [5.74, 6) is -0.721. The molecule has 0 saturated carbocycles. The highest BCUT2D eigenvalue weighted by Gasteiger charge is 2.44. The molecule has 0 fully saturated rings. The van der Waals surface area contributed by atoms with Gasteiger partial charge in [-0.1, -0.05) is 24.3 Å². The number of ketones is 1. The van der Waals surface area contributed by atoms with Gasteiger partial charge in [-0.3, -0.25) is 14.6 Å². The number of carbonyl (C=O) groups excluding carboxylic acids is 2. The number of rotatable bonds is 7. The van der Waals surface area contributed by atoms with Crippen molar-refractivity contribution in [3.05, 3.63) is 93.6 Å². The van der Waals surface area contributed by atoms with Crippen LogP contribution in [0.3, 0.4) is 0 Å². The minimum absolute atomic E-state index is 0.0931. The number of aromatic nitrogens is 1. The van der Waals surface area contributed by atoms with E-state index < -0.39 is 17.7 Å². The molecule has 6 nitrogen and oxygen atoms in total. The lowest BCUT2D eigenvalue weighted by atomic mass is 9.95. The monoisotopic (exact) mass is 420 g/mol. The molecule has 0 aliphatic carbocycles. The van der Waals surface area contributed by atoms with Crippen LogP contribution in [0.4, 0.5) is 0 Å². The molecular formula is C23H20N2O4S. The molecule has 30 heavy (non-hydrogen) atoms. The van der Waals surface area contributed by atoms with Gasteiger partial charge in [0.15, 0.2) is 5.76 Å². The first-order valence-corrected chi connectivity index (χ1v) is 10.4. The van der Waals surface area contributed by atoms with Gasteiger partial charge in [0.05, 0.1) is 23.1 Å². The number of Topliss-reactive ketones (excluding diaryl/α,β-unsaturated/α-hetero) is 1. The predicted octanol–water partition coefficient (Wildman–Crippen LogP) is 4.32. The molecule has 0 unspecified atom stereocenters. The van der Waals surface area contributed by atoms with E-state index in [-0.39, 0.29) is 17.9 Å². The highest BCUT2D eigenvalue weighted by Crippen LogP contribution is 2.40. The molecular weight excluding hydrogens is 400 g/mol. The van der Waals surface area contributed by atoms with E-state index in [0.29, 0.717) is 17.2 Å². The Balaban J connectivity index is 1.76. The molecule has 1 atom stereocenters. The fourth-order valence-corrected chi connectivity index (χ4v) is 4.21. The Kier molecular flexibility index (Phi) is 5.63. The van der Waals surface area contributed by atoms with Crippen LogP contribution in [0.1, 0.15) is 33.8 Å². The van der Waals surface area contributed by atoms with Gasteiger partial charge in [0.25, 0.3) is 5.91 Å². The van der Waals surface area contributed by atoms with Crippen LogP contribution >= 0.6 is 11.3 Å². The second-order valence-electron chi connectivity index (χ2n) is 6.77. The molecule has 152 valence electrons. The quantitative estimate of drug-likeness (QED) is 0.576. The van der Waals surface area contributed by atoms with E-state index in [1.165, 1.54) is 16.2 Å². The van der Waals surface area contributed by atoms with Crippen molar-refractivity contribution in [2.75, 3.05) is 6.61 Å². The minimum Gasteiger partial charge on any atom is -0.503 e. The van der Waals surface area contributed by atoms with Crippen LogP contribution in [0.25, 0.3) is 0 Å². The van der Waals surface area contributed by atoms with Crippen molar-refractivity contribution >= 4 is 23.0 Å². The maximum atomic E-state index is 13.2. The standard InChI is InChI=1S/C23H20N2O4S/c1-2-29-17-9-7-16(8-10-17)20-19(21(26)18-6-4-12-30-18)22(27)23(28)25(20)14-15-5-3-11-24-13-15/h3-13,20,27H,2,14H2,1H3/t20-/m1/s1. The smallest absolute Gasteiger partial charge is 0.290 e. The van der Waals surface area contributed by atoms with E-state index >= 15 is 0 Å². The second kappa shape index (κ2) is 8.51. The maximum absolute atomic E-state index is 13.2. The molecule has 1 aliphatic heterocycles. The lowest BCUT2D eigenvalue weighted by Gasteiger charge is -2.27. The summed E-state index contributed by atoms with van der Waals surface area (Å²) in [6.07, 6.45) is 3.32. The number of aliphatic hydroxyl groups is 1. The predicted molar refractivity (Wildman–Crippen MR) is 113 cm³/mol. The van der Waals surface area contributed by atoms with Crippen molar-refractivity contribution < 1.29 is 19.4 Å². The summed E-state index contributed by atoms with van der Waals surface area (Å²) in [5.41, 5.74) is 1.62. The van der Waals surface area contributed by atoms with Gasteiger partial charge in [0, 0.05) is 18.9 Å². The number of hydrogen-bond acceptors (Lipinski definition) is 6. The Morgan fingerprint density at radius 1 is 1.20 bits per heavy atom. The van der Waals surface area contributed by atoms with Crippen molar-refractivity contribution in [2.24, 2.45) is 0 Å². The second-order valence-corrected chi connectivity index (χ2v) is 7.72. The number of hydrogen-bond donors (Lipinski definition) is 1. The van der Waals surface area contributed by atoms with Crippen molar-refractivity contribution in [1.29, 1.82) is 0 Å². The van der Waals surface area contributed by atoms with Crippen LogP contribution in [-0.4, -0.2) is 33.3 Å². The van der Waals surface area contributed by atoms with E-state index in [1.54, 1.807) is 48.1 Å². The average Bonchev–Trinajstić information content (AvgIpc) is 3.38. The van der Waals surface area contributed by atoms with Gasteiger partial charge >= 0.3 is 0 Å². The fourth-order valence-electron chi connectivity index (χ4n) is 3.54. The van der Waals surface area contributed by atoms with Gasteiger partial charge < -0.3 is 14.7 Å². The molecule has 0 bridgehead atoms. The lowest BCUT2D eigenvalue weighted by Crippen LogP contribution is -2.30. The molecule has 7 heteroatoms. The van der Waals surface area contributed by atoms with Gasteiger partial charge in [-0.05, 0) is 47.7 Å². The number of ether oxygens (including phenoxy) is 1. The summed E-state index contributed by atoms with van der Waals surface area (Å²) in [6.45, 7) is 2.66. The summed E-state index contributed by atoms with van der Waals surface area (Å²) < 4.78 is 5.51. The fraction of sp³-hybridized carbons (Fsp3) is 0.174. The van der Waals surface area contributed by atoms with E-state index in [1.807, 2.05) is 25.1 Å². The molecule has 4 rings (SSSR count). The zero-order valence-electron chi connectivity index (χ0n) is 16.3. The van der Waals surface area contributed by atoms with Gasteiger partial charge in [0.1, 0.15) is 5.75 Å². The highest BCUT2D eigenvalue weighted by molar-refractivity contribution is 7.12. The van der Waals surface area contributed by atoms with E-state index in [4.69, 9.17) is 4.74 Å². The molecule has 0 saturated heterocycles. The summed E-state index contributed by atoms with van der Waals surface area (Å²) in [4.78, 5) is 32.2. The first kappa shape index (κ1) is 19.8. The topological polar surface area (TPSA) is 79.7 Å². The first-order valence-electron chi connectivity index (χ1n) is 9.54. The van der Waals surface area contributed by atoms with Gasteiger partial charge in [-0.15, -0.1) is 11.3 Å². The zero-order valence-corrected chi connectivity index (χ0v) is 17.1. The molecule has 0 radical (unpaired) electrons. The molecule has 0 spiro atoms. The average molecular weight is 420 g/mol. The highest BCUT2D eigenvalue weighted by atomic mass is 32.1. The summed E-state index contributed by atoms with van der Waals surface area (Å²) in [5, 5.41) is 12.5. The van der Waals surface area contributed by atoms with Crippen LogP contribution in [-0.2, 0) is 11.3 Å². The Morgan fingerprint density at radius 3 is 2.63 bits per heavy atom. The number of benzene rings is 1. The van der Waals surface area contributed by atoms with E-state index in [9.17, 15) is 14.7 Å². The Labute approximate surface area is 178 Å². The molecule has 1 N–H and O–H groups in total. The summed E-state index contributed by atoms with van der Waals surface area (Å²) in [7, 11) is 0. The molecule has 1 amide bonds. The van der Waals surface area contributed by atoms with Crippen LogP contribution in [0.5, 0.6) is 5.75 Å². The van der Waals surface area contributed by atoms with Gasteiger partial charge in [-0.25, -0.2) is 0 Å². The summed E-state index contributed by atoms with van der Waals surface area (Å²) >= 11 is 1.28. The van der Waals surface area contributed by atoms with Crippen molar-refractivity contribution in [3.8, 4) is 5.75 Å². The van der Waals surface area contributed by atoms with E-state index in [0.717, 1.165) is 11.1 Å². The molecule has 2 aromatic heterocycles. The first-order chi connectivity index (χ1) is 14.6. The van der Waals surface area contributed by atoms with Gasteiger partial charge in [-0.2, -0.15) is 0 Å². The van der Waals surface area contributed by atoms with Crippen LogP contribution in [0.2, 0.25) is 0 Å². The Morgan fingerprint density at radius 2 is 2.00 bits per heavy atom.